The van der Waals surface area contributed by atoms with Gasteiger partial charge >= 0.3 is 0 Å². The third-order valence-corrected chi connectivity index (χ3v) is 0. The molecule has 0 aromatic rings. The first-order valence-electron chi connectivity index (χ1n) is 1.63. The number of hydrogen-bond donors (Lipinski definition) is 0. The second kappa shape index (κ2) is 65.8. The normalized spacial score (nSPS) is 4.50. The summed E-state index contributed by atoms with van der Waals surface area (Å²) in [6.07, 6.45) is 0. The van der Waals surface area contributed by atoms with Crippen LogP contribution in [0, 0.1) is 0 Å². The Morgan fingerprint density at radius 2 is 0.625 bits per heavy atom. The lowest BCUT2D eigenvalue weighted by Crippen LogP contribution is -1.55. The van der Waals surface area contributed by atoms with Crippen LogP contribution < -0.4 is 0 Å². The van der Waals surface area contributed by atoms with Crippen molar-refractivity contribution in [3.8, 4) is 0 Å². The van der Waals surface area contributed by atoms with Crippen molar-refractivity contribution in [2.45, 2.75) is 14.9 Å². The minimum Gasteiger partial charge on any atom is -0.388 e. The number of rotatable bonds is 0. The summed E-state index contributed by atoms with van der Waals surface area (Å²) >= 11 is 0. The number of methoxy groups -OCH3 is 2. The van der Waals surface area contributed by atoms with Crippen LogP contribution in [0.15, 0.2) is 0 Å². The second-order valence-corrected chi connectivity index (χ2v) is 0.816. The van der Waals surface area contributed by atoms with Crippen molar-refractivity contribution in [3.05, 3.63) is 0 Å². The summed E-state index contributed by atoms with van der Waals surface area (Å²) in [4.78, 5) is 0. The van der Waals surface area contributed by atoms with Gasteiger partial charge in [-0.2, -0.15) is 0 Å². The molecule has 0 unspecified atom stereocenters. The molecule has 0 aromatic carbocycles. The predicted molar refractivity (Wildman–Crippen MR) is 39.3 cm³/mol. The topological polar surface area (TPSA) is 18.5 Å². The maximum atomic E-state index is 4.25. The monoisotopic (exact) mass is 124 g/mol. The highest BCUT2D eigenvalue weighted by Crippen LogP contribution is 1.28. The van der Waals surface area contributed by atoms with Gasteiger partial charge in [-0.05, 0) is 0 Å². The van der Waals surface area contributed by atoms with Gasteiger partial charge in [0.2, 0.25) is 0 Å². The highest BCUT2D eigenvalue weighted by Gasteiger charge is 1.26. The molecule has 2 heteroatoms. The van der Waals surface area contributed by atoms with Crippen molar-refractivity contribution in [1.82, 2.24) is 0 Å². The van der Waals surface area contributed by atoms with E-state index in [1.54, 1.807) is 28.4 Å². The zero-order valence-corrected chi connectivity index (χ0v) is 4.82. The number of ether oxygens (including phenoxy) is 2. The van der Waals surface area contributed by atoms with E-state index in [-0.39, 0.29) is 14.9 Å². The SMILES string of the molecule is C.C.COC.COC. The fraction of sp³-hybridized carbons (Fsp3) is 1.00. The molecule has 0 amide bonds. The van der Waals surface area contributed by atoms with Gasteiger partial charge in [0.15, 0.2) is 0 Å². The Labute approximate surface area is 53.8 Å². The Balaban J connectivity index is -0.0000000160. The van der Waals surface area contributed by atoms with E-state index in [2.05, 4.69) is 9.47 Å². The summed E-state index contributed by atoms with van der Waals surface area (Å²) in [7, 11) is 6.50. The lowest BCUT2D eigenvalue weighted by Gasteiger charge is -1.61. The molecule has 0 radical (unpaired) electrons. The van der Waals surface area contributed by atoms with Crippen LogP contribution in [-0.2, 0) is 9.47 Å². The van der Waals surface area contributed by atoms with Gasteiger partial charge in [-0.15, -0.1) is 0 Å². The van der Waals surface area contributed by atoms with Crippen LogP contribution in [-0.4, -0.2) is 28.4 Å². The highest BCUT2D eigenvalue weighted by molar-refractivity contribution is 3.56. The van der Waals surface area contributed by atoms with Crippen LogP contribution in [0.4, 0.5) is 0 Å². The zero-order chi connectivity index (χ0) is 5.41. The zero-order valence-electron chi connectivity index (χ0n) is 4.82. The maximum Gasteiger partial charge on any atom is 0.0351 e. The molecule has 0 spiro atoms. The molecule has 0 aliphatic carbocycles. The van der Waals surface area contributed by atoms with Crippen LogP contribution in [0.5, 0.6) is 0 Å². The summed E-state index contributed by atoms with van der Waals surface area (Å²) in [6.45, 7) is 0. The van der Waals surface area contributed by atoms with Crippen LogP contribution >= 0.6 is 0 Å². The van der Waals surface area contributed by atoms with Crippen molar-refractivity contribution in [1.29, 1.82) is 0 Å². The average molecular weight is 124 g/mol. The van der Waals surface area contributed by atoms with E-state index < -0.39 is 0 Å². The largest absolute Gasteiger partial charge is 0.388 e. The number of hydrogen-bond acceptors (Lipinski definition) is 2. The first-order valence-corrected chi connectivity index (χ1v) is 1.63. The fourth-order valence-electron chi connectivity index (χ4n) is 0. The average Bonchev–Trinajstić information content (AvgIpc) is 1.39. The Morgan fingerprint density at radius 3 is 0.625 bits per heavy atom. The molecular formula is C6H20O2. The molecule has 0 bridgehead atoms. The third kappa shape index (κ3) is 22400. The van der Waals surface area contributed by atoms with Crippen LogP contribution in [0.1, 0.15) is 14.9 Å². The van der Waals surface area contributed by atoms with Crippen molar-refractivity contribution < 1.29 is 9.47 Å². The molecule has 0 aliphatic heterocycles. The summed E-state index contributed by atoms with van der Waals surface area (Å²) in [6, 6.07) is 0. The van der Waals surface area contributed by atoms with Crippen molar-refractivity contribution in [2.75, 3.05) is 28.4 Å². The standard InChI is InChI=1S/2C2H6O.2CH4/c2*1-3-2;;/h2*1-2H3;2*1H4. The van der Waals surface area contributed by atoms with E-state index in [9.17, 15) is 0 Å². The Hall–Kier alpha value is -0.0800. The summed E-state index contributed by atoms with van der Waals surface area (Å²) < 4.78 is 8.50. The highest BCUT2D eigenvalue weighted by atomic mass is 16.5. The van der Waals surface area contributed by atoms with Crippen LogP contribution in [0.3, 0.4) is 0 Å². The lowest BCUT2D eigenvalue weighted by molar-refractivity contribution is 0.277. The Morgan fingerprint density at radius 1 is 0.625 bits per heavy atom. The van der Waals surface area contributed by atoms with Gasteiger partial charge in [-0.25, -0.2) is 0 Å². The minimum absolute atomic E-state index is 0. The molecule has 0 atom stereocenters. The summed E-state index contributed by atoms with van der Waals surface area (Å²) in [5.41, 5.74) is 0. The lowest BCUT2D eigenvalue weighted by atomic mass is 11.6. The van der Waals surface area contributed by atoms with Crippen molar-refractivity contribution >= 4 is 0 Å². The molecular weight excluding hydrogens is 104 g/mol. The summed E-state index contributed by atoms with van der Waals surface area (Å²) in [5.74, 6) is 0. The quantitative estimate of drug-likeness (QED) is 0.490. The first-order chi connectivity index (χ1) is 2.83. The van der Waals surface area contributed by atoms with Gasteiger partial charge in [0.05, 0.1) is 0 Å². The molecule has 0 aromatic heterocycles. The molecule has 0 aliphatic rings. The van der Waals surface area contributed by atoms with Crippen LogP contribution in [0.2, 0.25) is 0 Å². The van der Waals surface area contributed by atoms with Gasteiger partial charge in [0, 0.05) is 28.4 Å². The van der Waals surface area contributed by atoms with Crippen LogP contribution in [0.25, 0.3) is 0 Å². The second-order valence-electron chi connectivity index (χ2n) is 0.816. The minimum atomic E-state index is 0. The molecule has 0 N–H and O–H groups in total. The summed E-state index contributed by atoms with van der Waals surface area (Å²) in [5, 5.41) is 0. The van der Waals surface area contributed by atoms with E-state index in [0.29, 0.717) is 0 Å². The van der Waals surface area contributed by atoms with E-state index in [4.69, 9.17) is 0 Å². The van der Waals surface area contributed by atoms with Gasteiger partial charge in [-0.1, -0.05) is 14.9 Å². The predicted octanol–water partition coefficient (Wildman–Crippen LogP) is 1.80. The molecule has 0 heterocycles. The van der Waals surface area contributed by atoms with Crippen molar-refractivity contribution in [3.63, 3.8) is 0 Å². The Kier molecular flexibility index (Phi) is 203. The fourth-order valence-corrected chi connectivity index (χ4v) is 0. The van der Waals surface area contributed by atoms with E-state index in [1.807, 2.05) is 0 Å². The van der Waals surface area contributed by atoms with E-state index in [0.717, 1.165) is 0 Å². The molecule has 0 saturated carbocycles. The van der Waals surface area contributed by atoms with Gasteiger partial charge in [0.25, 0.3) is 0 Å². The first kappa shape index (κ1) is 24.7. The molecule has 8 heavy (non-hydrogen) atoms. The molecule has 0 fully saturated rings. The van der Waals surface area contributed by atoms with Gasteiger partial charge < -0.3 is 9.47 Å². The maximum absolute atomic E-state index is 4.25. The molecule has 0 rings (SSSR count). The smallest absolute Gasteiger partial charge is 0.0351 e. The van der Waals surface area contributed by atoms with Gasteiger partial charge in [0.1, 0.15) is 0 Å². The molecule has 2 nitrogen and oxygen atoms in total. The van der Waals surface area contributed by atoms with E-state index in [1.165, 1.54) is 0 Å². The Bertz CT molecular complexity index is 8.49. The van der Waals surface area contributed by atoms with Crippen molar-refractivity contribution in [2.24, 2.45) is 0 Å². The van der Waals surface area contributed by atoms with Gasteiger partial charge in [-0.3, -0.25) is 0 Å². The molecule has 0 saturated heterocycles. The third-order valence-electron chi connectivity index (χ3n) is 0. The van der Waals surface area contributed by atoms with E-state index >= 15 is 0 Å². The molecule has 56 valence electrons.